The van der Waals surface area contributed by atoms with Gasteiger partial charge in [-0.2, -0.15) is 13.2 Å². The largest absolute Gasteiger partial charge is 0.478 e. The summed E-state index contributed by atoms with van der Waals surface area (Å²) in [6, 6.07) is 35.1. The van der Waals surface area contributed by atoms with Crippen LogP contribution in [0, 0.1) is 5.82 Å². The number of carboxylic acid groups (broad SMARTS) is 1. The smallest absolute Gasteiger partial charge is 0.416 e. The van der Waals surface area contributed by atoms with Gasteiger partial charge in [0.05, 0.1) is 33.9 Å². The number of carboxylic acids is 1. The predicted octanol–water partition coefficient (Wildman–Crippen LogP) is 9.96. The maximum Gasteiger partial charge on any atom is 0.416 e. The van der Waals surface area contributed by atoms with Gasteiger partial charge in [0, 0.05) is 40.1 Å². The molecule has 11 heteroatoms. The molecule has 0 amide bonds. The molecule has 1 aromatic heterocycles. The van der Waals surface area contributed by atoms with E-state index in [4.69, 9.17) is 11.6 Å². The van der Waals surface area contributed by atoms with Gasteiger partial charge in [-0.3, -0.25) is 0 Å². The molecule has 1 atom stereocenters. The first-order chi connectivity index (χ1) is 25.0. The summed E-state index contributed by atoms with van der Waals surface area (Å²) in [4.78, 5) is 11.4. The molecule has 0 radical (unpaired) electrons. The second kappa shape index (κ2) is 16.3. The lowest BCUT2D eigenvalue weighted by Gasteiger charge is -2.25. The Morgan fingerprint density at radius 1 is 0.808 bits per heavy atom. The molecule has 0 bridgehead atoms. The average molecular weight is 747 g/mol. The van der Waals surface area contributed by atoms with Crippen molar-refractivity contribution in [1.29, 1.82) is 0 Å². The molecule has 6 aromatic rings. The van der Waals surface area contributed by atoms with Crippen molar-refractivity contribution in [1.82, 2.24) is 9.29 Å². The van der Waals surface area contributed by atoms with E-state index in [0.717, 1.165) is 63.5 Å². The molecule has 0 aliphatic heterocycles. The molecule has 0 aliphatic carbocycles. The highest BCUT2D eigenvalue weighted by Gasteiger charge is 2.35. The second-order valence-electron chi connectivity index (χ2n) is 12.4. The summed E-state index contributed by atoms with van der Waals surface area (Å²) in [7, 11) is -2.02. The first-order valence-corrected chi connectivity index (χ1v) is 18.4. The normalized spacial score (nSPS) is 12.4. The van der Waals surface area contributed by atoms with Crippen molar-refractivity contribution in [2.24, 2.45) is 0 Å². The Kier molecular flexibility index (Phi) is 11.6. The van der Waals surface area contributed by atoms with Crippen LogP contribution in [0.4, 0.5) is 17.6 Å². The molecule has 6 rings (SSSR count). The van der Waals surface area contributed by atoms with Gasteiger partial charge in [0.25, 0.3) is 0 Å². The van der Waals surface area contributed by atoms with Crippen LogP contribution in [0.1, 0.15) is 61.9 Å². The molecule has 0 fully saturated rings. The third kappa shape index (κ3) is 8.47. The quantitative estimate of drug-likeness (QED) is 0.109. The summed E-state index contributed by atoms with van der Waals surface area (Å²) in [5.41, 5.74) is 4.36. The monoisotopic (exact) mass is 746 g/mol. The number of aromatic carboxylic acids is 1. The molecule has 268 valence electrons. The summed E-state index contributed by atoms with van der Waals surface area (Å²) in [6.45, 7) is 0.131. The number of fused-ring (bicyclic) bond motifs is 1. The number of benzene rings is 5. The van der Waals surface area contributed by atoms with Crippen molar-refractivity contribution in [3.8, 4) is 0 Å². The number of alkyl halides is 3. The van der Waals surface area contributed by atoms with Crippen LogP contribution in [0.3, 0.4) is 0 Å². The summed E-state index contributed by atoms with van der Waals surface area (Å²) < 4.78 is 73.9. The fourth-order valence-electron chi connectivity index (χ4n) is 6.73. The lowest BCUT2D eigenvalue weighted by molar-refractivity contribution is -0.138. The van der Waals surface area contributed by atoms with Gasteiger partial charge in [0.1, 0.15) is 5.82 Å². The van der Waals surface area contributed by atoms with Crippen LogP contribution in [0.15, 0.2) is 121 Å². The molecule has 1 heterocycles. The summed E-state index contributed by atoms with van der Waals surface area (Å²) in [5.74, 6) is -2.70. The van der Waals surface area contributed by atoms with Gasteiger partial charge < -0.3 is 9.67 Å². The number of nitrogens with zero attached hydrogens (tertiary/aromatic N) is 1. The number of hydrogen-bond donors (Lipinski definition) is 2. The van der Waals surface area contributed by atoms with Crippen molar-refractivity contribution >= 4 is 39.5 Å². The van der Waals surface area contributed by atoms with Crippen LogP contribution in [-0.4, -0.2) is 26.4 Å². The van der Waals surface area contributed by atoms with Crippen molar-refractivity contribution in [3.63, 3.8) is 0 Å². The lowest BCUT2D eigenvalue weighted by Crippen LogP contribution is -2.25. The maximum atomic E-state index is 14.6. The highest BCUT2D eigenvalue weighted by Crippen LogP contribution is 2.38. The maximum absolute atomic E-state index is 14.6. The summed E-state index contributed by atoms with van der Waals surface area (Å²) in [5, 5.41) is 10.8. The molecule has 1 unspecified atom stereocenters. The fourth-order valence-corrected chi connectivity index (χ4v) is 7.89. The number of carbonyl (C=O) groups is 1. The number of aryl methyl sites for hydroxylation is 2. The first-order valence-electron chi connectivity index (χ1n) is 16.7. The Morgan fingerprint density at radius 2 is 1.46 bits per heavy atom. The van der Waals surface area contributed by atoms with Gasteiger partial charge in [-0.05, 0) is 84.0 Å². The van der Waals surface area contributed by atoms with E-state index in [-0.39, 0.29) is 18.2 Å². The van der Waals surface area contributed by atoms with Crippen molar-refractivity contribution in [2.75, 3.05) is 6.54 Å². The Bertz CT molecular complexity index is 2150. The van der Waals surface area contributed by atoms with Gasteiger partial charge in [0.15, 0.2) is 0 Å². The lowest BCUT2D eigenvalue weighted by atomic mass is 9.97. The van der Waals surface area contributed by atoms with Gasteiger partial charge in [-0.1, -0.05) is 90.5 Å². The van der Waals surface area contributed by atoms with Gasteiger partial charge >= 0.3 is 12.1 Å². The fraction of sp³-hybridized carbons (Fsp3) is 0.195. The predicted molar refractivity (Wildman–Crippen MR) is 197 cm³/mol. The topological polar surface area (TPSA) is 71.3 Å². The molecule has 0 saturated carbocycles. The minimum atomic E-state index is -4.79. The van der Waals surface area contributed by atoms with E-state index in [2.05, 4.69) is 33.6 Å². The van der Waals surface area contributed by atoms with Crippen LogP contribution >= 0.6 is 11.6 Å². The minimum Gasteiger partial charge on any atom is -0.478 e. The molecular formula is C41H35ClF4N2O3S. The van der Waals surface area contributed by atoms with Gasteiger partial charge in [0.2, 0.25) is 0 Å². The Hall–Kier alpha value is -4.77. The third-order valence-electron chi connectivity index (χ3n) is 9.09. The Labute approximate surface area is 306 Å². The molecule has 0 spiro atoms. The highest BCUT2D eigenvalue weighted by atomic mass is 35.5. The molecule has 5 aromatic carbocycles. The van der Waals surface area contributed by atoms with E-state index in [9.17, 15) is 31.7 Å². The number of rotatable bonds is 14. The number of nitrogens with one attached hydrogen (secondary N) is 1. The van der Waals surface area contributed by atoms with E-state index in [1.807, 2.05) is 66.7 Å². The zero-order valence-corrected chi connectivity index (χ0v) is 29.4. The van der Waals surface area contributed by atoms with E-state index in [0.29, 0.717) is 24.3 Å². The minimum absolute atomic E-state index is 0.131. The van der Waals surface area contributed by atoms with E-state index in [1.165, 1.54) is 0 Å². The number of halogens is 5. The molecule has 2 N–H and O–H groups in total. The SMILES string of the molecule is O=C(O)c1ccc(CCCc2c(CCNS(=O)Cc3c(F)cccc3C(F)(F)F)n(C(c3ccccc3)c3ccccc3)c3ccc(Cl)cc23)cc1. The second-order valence-corrected chi connectivity index (χ2v) is 14.1. The average Bonchev–Trinajstić information content (AvgIpc) is 3.41. The van der Waals surface area contributed by atoms with Crippen LogP contribution in [0.25, 0.3) is 10.9 Å². The Morgan fingerprint density at radius 3 is 2.08 bits per heavy atom. The summed E-state index contributed by atoms with van der Waals surface area (Å²) in [6.07, 6.45) is -2.41. The first kappa shape index (κ1) is 37.0. The van der Waals surface area contributed by atoms with E-state index >= 15 is 0 Å². The van der Waals surface area contributed by atoms with E-state index < -0.39 is 45.8 Å². The van der Waals surface area contributed by atoms with Gasteiger partial charge in [-0.15, -0.1) is 0 Å². The van der Waals surface area contributed by atoms with Crippen molar-refractivity contribution in [2.45, 2.75) is 43.7 Å². The van der Waals surface area contributed by atoms with Crippen molar-refractivity contribution in [3.05, 3.63) is 177 Å². The molecule has 0 saturated heterocycles. The molecule has 52 heavy (non-hydrogen) atoms. The van der Waals surface area contributed by atoms with Crippen LogP contribution in [0.2, 0.25) is 5.02 Å². The third-order valence-corrected chi connectivity index (χ3v) is 10.4. The zero-order chi connectivity index (χ0) is 36.8. The van der Waals surface area contributed by atoms with Gasteiger partial charge in [-0.25, -0.2) is 18.1 Å². The number of hydrogen-bond acceptors (Lipinski definition) is 2. The summed E-state index contributed by atoms with van der Waals surface area (Å²) >= 11 is 6.60. The van der Waals surface area contributed by atoms with Crippen LogP contribution < -0.4 is 4.72 Å². The zero-order valence-electron chi connectivity index (χ0n) is 27.9. The molecule has 0 aliphatic rings. The molecule has 5 nitrogen and oxygen atoms in total. The molecular weight excluding hydrogens is 712 g/mol. The van der Waals surface area contributed by atoms with Crippen molar-refractivity contribution < 1.29 is 31.7 Å². The number of aromatic nitrogens is 1. The highest BCUT2D eigenvalue weighted by molar-refractivity contribution is 7.82. The van der Waals surface area contributed by atoms with Crippen LogP contribution in [0.5, 0.6) is 0 Å². The van der Waals surface area contributed by atoms with Crippen LogP contribution in [-0.2, 0) is 42.2 Å². The Balaban J connectivity index is 1.38. The van der Waals surface area contributed by atoms with E-state index in [1.54, 1.807) is 12.1 Å². The standard InChI is InChI=1S/C41H35ClF4N2O3S/c42-31-21-22-37-33(25-31)32(14-7-9-27-17-19-30(20-18-27)40(49)50)38(48(37)39(28-10-3-1-4-11-28)29-12-5-2-6-13-29)23-24-47-52(51)26-34-35(41(44,45)46)15-8-16-36(34)43/h1-6,8,10-13,15-22,25,39,47H,7,9,14,23-24,26H2,(H,49,50).